The Morgan fingerprint density at radius 3 is 2.13 bits per heavy atom. The molecule has 4 aliphatic carbocycles. The summed E-state index contributed by atoms with van der Waals surface area (Å²) in [5.41, 5.74) is -0.424. The van der Waals surface area contributed by atoms with E-state index in [9.17, 15) is 54.0 Å². The van der Waals surface area contributed by atoms with Crippen molar-refractivity contribution >= 4 is 72.5 Å². The molecule has 8 aliphatic rings. The molecule has 2 atom stereocenters. The normalized spacial score (nSPS) is 23.8. The summed E-state index contributed by atoms with van der Waals surface area (Å²) >= 11 is 1.44. The fourth-order valence-electron chi connectivity index (χ4n) is 14.4. The van der Waals surface area contributed by atoms with E-state index in [4.69, 9.17) is 4.74 Å². The zero-order valence-electron chi connectivity index (χ0n) is 50.7. The Kier molecular flexibility index (Phi) is 18.6. The number of amides is 5. The van der Waals surface area contributed by atoms with E-state index in [0.717, 1.165) is 99.2 Å². The van der Waals surface area contributed by atoms with Crippen LogP contribution in [0.15, 0.2) is 117 Å². The quantitative estimate of drug-likeness (QED) is 0.0258. The monoisotopic (exact) mass is 1280 g/mol. The number of hydrogen-bond donors (Lipinski definition) is 3. The topological polar surface area (TPSA) is 215 Å². The maximum atomic E-state index is 14.5. The fourth-order valence-corrected chi connectivity index (χ4v) is 17.4. The summed E-state index contributed by atoms with van der Waals surface area (Å²) < 4.78 is 106. The highest BCUT2D eigenvalue weighted by atomic mass is 32.2. The largest absolute Gasteiger partial charge is 0.501 e. The first-order valence-electron chi connectivity index (χ1n) is 31.0. The van der Waals surface area contributed by atoms with Crippen LogP contribution in [0.2, 0.25) is 0 Å². The first-order valence-corrected chi connectivity index (χ1v) is 34.9. The Bertz CT molecular complexity index is 3610. The number of sulfone groups is 1. The van der Waals surface area contributed by atoms with Gasteiger partial charge in [-0.1, -0.05) is 56.2 Å². The van der Waals surface area contributed by atoms with Crippen molar-refractivity contribution < 1.29 is 58.7 Å². The first kappa shape index (κ1) is 64.2. The molecule has 1 unspecified atom stereocenters. The number of imide groups is 2. The first-order chi connectivity index (χ1) is 42.3. The van der Waals surface area contributed by atoms with Crippen LogP contribution in [0.25, 0.3) is 0 Å². The Morgan fingerprint density at radius 1 is 0.775 bits per heavy atom. The van der Waals surface area contributed by atoms with E-state index >= 15 is 0 Å². The van der Waals surface area contributed by atoms with Crippen molar-refractivity contribution in [2.75, 3.05) is 94.6 Å². The summed E-state index contributed by atoms with van der Waals surface area (Å²) in [4.78, 5) is 73.5. The number of unbranched alkanes of at least 4 members (excludes halogenated alkanes) is 2. The van der Waals surface area contributed by atoms with E-state index in [1.807, 2.05) is 35.1 Å². The van der Waals surface area contributed by atoms with Crippen molar-refractivity contribution in [1.29, 1.82) is 0 Å². The maximum Gasteiger partial charge on any atom is 0.501 e. The molecule has 4 heterocycles. The van der Waals surface area contributed by atoms with Crippen LogP contribution in [-0.4, -0.2) is 168 Å². The molecule has 4 aliphatic heterocycles. The van der Waals surface area contributed by atoms with Crippen molar-refractivity contribution in [3.63, 3.8) is 0 Å². The number of sulfonamides is 1. The second-order valence-corrected chi connectivity index (χ2v) is 31.1. The second kappa shape index (κ2) is 25.8. The minimum Gasteiger partial charge on any atom is -0.493 e. The number of allylic oxidation sites excluding steroid dienone is 1. The summed E-state index contributed by atoms with van der Waals surface area (Å²) in [7, 11) is -11.0. The molecule has 6 fully saturated rings. The van der Waals surface area contributed by atoms with Crippen LogP contribution in [-0.2, 0) is 29.4 Å². The average Bonchev–Trinajstić information content (AvgIpc) is 1.29. The van der Waals surface area contributed by atoms with E-state index in [0.29, 0.717) is 67.1 Å². The van der Waals surface area contributed by atoms with Gasteiger partial charge in [-0.25, -0.2) is 21.6 Å². The highest BCUT2D eigenvalue weighted by molar-refractivity contribution is 7.99. The summed E-state index contributed by atoms with van der Waals surface area (Å²) in [5, 5.41) is 5.25. The van der Waals surface area contributed by atoms with Gasteiger partial charge in [0.25, 0.3) is 37.6 Å². The number of hydrogen-bond acceptors (Lipinski definition) is 16. The number of piperidine rings is 1. The van der Waals surface area contributed by atoms with Crippen LogP contribution in [0.4, 0.5) is 24.5 Å². The summed E-state index contributed by atoms with van der Waals surface area (Å²) in [6, 6.07) is 21.4. The van der Waals surface area contributed by atoms with Crippen molar-refractivity contribution in [1.82, 2.24) is 29.6 Å². The van der Waals surface area contributed by atoms with Crippen molar-refractivity contribution in [3.8, 4) is 5.75 Å². The Morgan fingerprint density at radius 2 is 1.46 bits per heavy atom. The van der Waals surface area contributed by atoms with Gasteiger partial charge < -0.3 is 24.8 Å². The van der Waals surface area contributed by atoms with Gasteiger partial charge in [0.2, 0.25) is 11.8 Å². The summed E-state index contributed by atoms with van der Waals surface area (Å²) in [6.07, 6.45) is 10.3. The molecular formula is C65H79F3N8O10S3. The lowest BCUT2D eigenvalue weighted by molar-refractivity contribution is -0.167. The van der Waals surface area contributed by atoms with Gasteiger partial charge in [-0.3, -0.25) is 39.1 Å². The number of rotatable bonds is 24. The molecule has 3 saturated heterocycles. The number of alkyl halides is 3. The minimum absolute atomic E-state index is 0.00308. The Hall–Kier alpha value is -6.31. The number of ether oxygens (including phenoxy) is 1. The molecule has 478 valence electrons. The number of benzene rings is 4. The molecule has 18 nitrogen and oxygen atoms in total. The molecule has 0 spiro atoms. The SMILES string of the molecule is CC1(C)CCC(CN2CCN(c3ccc(C(=O)NS(=O)(=O)c4ccc(N[C@H](CCN5CCN(CCCCCOc6cccc7c6C(=O)N(C6CCC(=O)NC6=O)C7=O)CC5)CSc5ccccc5)c(S(=O)(=O)C(F)(F)F)c4)cc3)CC2)=C(C23CC(C)(C2)C3)C1. The molecular weight excluding hydrogens is 1210 g/mol. The molecule has 2 bridgehead atoms. The van der Waals surface area contributed by atoms with Gasteiger partial charge in [0.05, 0.1) is 28.3 Å². The van der Waals surface area contributed by atoms with Gasteiger partial charge >= 0.3 is 5.51 Å². The smallest absolute Gasteiger partial charge is 0.493 e. The number of carbonyl (C=O) groups excluding carboxylic acids is 5. The van der Waals surface area contributed by atoms with Crippen LogP contribution < -0.4 is 25.0 Å². The van der Waals surface area contributed by atoms with Gasteiger partial charge in [-0.2, -0.15) is 13.2 Å². The molecule has 89 heavy (non-hydrogen) atoms. The lowest BCUT2D eigenvalue weighted by Gasteiger charge is -2.72. The lowest BCUT2D eigenvalue weighted by atomic mass is 9.33. The van der Waals surface area contributed by atoms with Crippen LogP contribution in [0.1, 0.15) is 129 Å². The molecule has 4 aromatic rings. The van der Waals surface area contributed by atoms with Crippen LogP contribution in [0, 0.1) is 16.2 Å². The minimum atomic E-state index is -6.13. The molecule has 3 N–H and O–H groups in total. The summed E-state index contributed by atoms with van der Waals surface area (Å²) in [6.45, 7) is 16.1. The standard InChI is InChI=1S/C65H79F3N8O10S3/c1-62(2)25-23-45(51(38-62)64-41-63(3,42-64)43-64)39-74-32-34-75(35-33-74)47-17-15-44(16-18-47)58(78)71-89(84,85)49-19-20-52(55(37-49)88(82,83)65(66,67)68)69-46(40-87-48-11-6-4-7-12-48)24-27-73-30-28-72(29-31-73)26-8-5-9-36-86-54-14-10-13-50-57(54)61(81)76(60(50)80)53-21-22-56(77)70-59(53)79/h4,6-7,10-20,37,46,53,69H,5,8-9,21-36,38-43H2,1-3H3,(H,71,78)(H,70,77,79)/t46-,53?,63?,64?/m1/s1. The molecule has 24 heteroatoms. The second-order valence-electron chi connectivity index (χ2n) is 26.4. The van der Waals surface area contributed by atoms with Crippen LogP contribution in [0.5, 0.6) is 5.75 Å². The van der Waals surface area contributed by atoms with Gasteiger partial charge in [-0.15, -0.1) is 11.8 Å². The number of anilines is 2. The van der Waals surface area contributed by atoms with E-state index in [1.165, 1.54) is 62.1 Å². The third kappa shape index (κ3) is 14.1. The number of fused-ring (bicyclic) bond motifs is 1. The maximum absolute atomic E-state index is 14.5. The molecule has 0 radical (unpaired) electrons. The fraction of sp³-hybridized carbons (Fsp3) is 0.523. The number of nitrogens with one attached hydrogen (secondary N) is 3. The predicted octanol–water partition coefficient (Wildman–Crippen LogP) is 9.15. The zero-order chi connectivity index (χ0) is 63.1. The summed E-state index contributed by atoms with van der Waals surface area (Å²) in [5.74, 6) is -2.82. The van der Waals surface area contributed by atoms with Gasteiger partial charge in [0.15, 0.2) is 0 Å². The Balaban J connectivity index is 0.667. The molecule has 5 amide bonds. The molecule has 4 aromatic carbocycles. The third-order valence-corrected chi connectivity index (χ3v) is 23.1. The lowest BCUT2D eigenvalue weighted by Crippen LogP contribution is -2.61. The van der Waals surface area contributed by atoms with Gasteiger partial charge in [-0.05, 0) is 160 Å². The third-order valence-electron chi connectivity index (χ3n) is 19.1. The number of nitrogens with zero attached hydrogens (tertiary/aromatic N) is 5. The van der Waals surface area contributed by atoms with Crippen molar-refractivity contribution in [2.45, 2.75) is 130 Å². The number of thioether (sulfide) groups is 1. The highest BCUT2D eigenvalue weighted by Gasteiger charge is 2.67. The molecule has 0 aromatic heterocycles. The Labute approximate surface area is 523 Å². The van der Waals surface area contributed by atoms with E-state index in [2.05, 4.69) is 51.0 Å². The number of carbonyl (C=O) groups is 5. The van der Waals surface area contributed by atoms with Gasteiger partial charge in [0, 0.05) is 99.8 Å². The highest BCUT2D eigenvalue weighted by Crippen LogP contribution is 2.77. The van der Waals surface area contributed by atoms with Crippen LogP contribution >= 0.6 is 11.8 Å². The zero-order valence-corrected chi connectivity index (χ0v) is 53.1. The molecule has 12 rings (SSSR count). The predicted molar refractivity (Wildman–Crippen MR) is 333 cm³/mol. The number of piperazine rings is 2. The number of halogens is 3. The average molecular weight is 1290 g/mol. The van der Waals surface area contributed by atoms with E-state index in [1.54, 1.807) is 35.4 Å². The van der Waals surface area contributed by atoms with Crippen molar-refractivity contribution in [2.24, 2.45) is 16.2 Å². The van der Waals surface area contributed by atoms with Crippen LogP contribution in [0.3, 0.4) is 0 Å². The van der Waals surface area contributed by atoms with E-state index in [-0.39, 0.29) is 35.3 Å². The molecule has 3 saturated carbocycles. The van der Waals surface area contributed by atoms with Gasteiger partial charge in [0.1, 0.15) is 16.7 Å². The van der Waals surface area contributed by atoms with Crippen molar-refractivity contribution in [3.05, 3.63) is 119 Å². The van der Waals surface area contributed by atoms with E-state index < -0.39 is 82.5 Å².